The predicted octanol–water partition coefficient (Wildman–Crippen LogP) is 3.30. The van der Waals surface area contributed by atoms with Crippen LogP contribution in [0.3, 0.4) is 0 Å². The standard InChI is InChI=1S/C12H18N2/c1-5-6-7-9(2)12-10(3)13-8-14-11(12)4/h7-8H,5-6H2,1-4H3/b9-7-. The fourth-order valence-electron chi connectivity index (χ4n) is 1.63. The van der Waals surface area contributed by atoms with Crippen molar-refractivity contribution in [2.45, 2.75) is 40.5 Å². The normalized spacial score (nSPS) is 11.9. The van der Waals surface area contributed by atoms with E-state index in [1.807, 2.05) is 13.8 Å². The van der Waals surface area contributed by atoms with E-state index in [9.17, 15) is 0 Å². The highest BCUT2D eigenvalue weighted by Crippen LogP contribution is 2.19. The summed E-state index contributed by atoms with van der Waals surface area (Å²) in [5, 5.41) is 0. The summed E-state index contributed by atoms with van der Waals surface area (Å²) >= 11 is 0. The van der Waals surface area contributed by atoms with Crippen LogP contribution in [0.5, 0.6) is 0 Å². The molecule has 0 radical (unpaired) electrons. The average molecular weight is 190 g/mol. The van der Waals surface area contributed by atoms with E-state index in [1.54, 1.807) is 6.33 Å². The molecule has 0 fully saturated rings. The Morgan fingerprint density at radius 1 is 1.29 bits per heavy atom. The number of nitrogens with zero attached hydrogens (tertiary/aromatic N) is 2. The van der Waals surface area contributed by atoms with Crippen LogP contribution in [0.15, 0.2) is 12.4 Å². The topological polar surface area (TPSA) is 25.8 Å². The number of aryl methyl sites for hydroxylation is 2. The van der Waals surface area contributed by atoms with Gasteiger partial charge in [0, 0.05) is 17.0 Å². The van der Waals surface area contributed by atoms with Crippen LogP contribution in [0.1, 0.15) is 43.6 Å². The van der Waals surface area contributed by atoms with E-state index >= 15 is 0 Å². The highest BCUT2D eigenvalue weighted by atomic mass is 14.8. The number of hydrogen-bond acceptors (Lipinski definition) is 2. The number of aromatic nitrogens is 2. The summed E-state index contributed by atoms with van der Waals surface area (Å²) in [6.45, 7) is 8.39. The summed E-state index contributed by atoms with van der Waals surface area (Å²) in [4.78, 5) is 8.43. The van der Waals surface area contributed by atoms with Crippen LogP contribution in [0.2, 0.25) is 0 Å². The second-order valence-corrected chi connectivity index (χ2v) is 3.60. The lowest BCUT2D eigenvalue weighted by atomic mass is 10.0. The molecule has 0 saturated carbocycles. The Hall–Kier alpha value is -1.18. The van der Waals surface area contributed by atoms with Crippen LogP contribution in [0, 0.1) is 13.8 Å². The van der Waals surface area contributed by atoms with Crippen molar-refractivity contribution in [3.63, 3.8) is 0 Å². The monoisotopic (exact) mass is 190 g/mol. The molecule has 0 aliphatic heterocycles. The van der Waals surface area contributed by atoms with Gasteiger partial charge >= 0.3 is 0 Å². The molecule has 0 spiro atoms. The molecule has 0 unspecified atom stereocenters. The third kappa shape index (κ3) is 2.41. The molecule has 1 aromatic rings. The van der Waals surface area contributed by atoms with Gasteiger partial charge in [-0.1, -0.05) is 19.4 Å². The Labute approximate surface area is 86.1 Å². The lowest BCUT2D eigenvalue weighted by Gasteiger charge is -2.07. The number of hydrogen-bond donors (Lipinski definition) is 0. The first kappa shape index (κ1) is 10.9. The van der Waals surface area contributed by atoms with Crippen molar-refractivity contribution in [2.75, 3.05) is 0 Å². The Bertz CT molecular complexity index is 320. The first-order valence-electron chi connectivity index (χ1n) is 5.12. The van der Waals surface area contributed by atoms with Gasteiger partial charge in [0.25, 0.3) is 0 Å². The minimum Gasteiger partial charge on any atom is -0.241 e. The maximum absolute atomic E-state index is 4.22. The second kappa shape index (κ2) is 4.89. The molecule has 0 aliphatic rings. The smallest absolute Gasteiger partial charge is 0.115 e. The first-order valence-corrected chi connectivity index (χ1v) is 5.12. The van der Waals surface area contributed by atoms with Crippen LogP contribution in [0.25, 0.3) is 5.57 Å². The van der Waals surface area contributed by atoms with Crippen LogP contribution in [-0.2, 0) is 0 Å². The zero-order chi connectivity index (χ0) is 10.6. The van der Waals surface area contributed by atoms with Gasteiger partial charge in [-0.25, -0.2) is 9.97 Å². The summed E-state index contributed by atoms with van der Waals surface area (Å²) < 4.78 is 0. The number of rotatable bonds is 3. The molecule has 76 valence electrons. The SMILES string of the molecule is CCC/C=C(/C)c1c(C)ncnc1C. The first-order chi connectivity index (χ1) is 6.66. The highest BCUT2D eigenvalue weighted by molar-refractivity contribution is 5.66. The minimum atomic E-state index is 1.07. The molecule has 0 aliphatic carbocycles. The molecule has 2 nitrogen and oxygen atoms in total. The Morgan fingerprint density at radius 2 is 1.86 bits per heavy atom. The van der Waals surface area contributed by atoms with Crippen LogP contribution in [0.4, 0.5) is 0 Å². The quantitative estimate of drug-likeness (QED) is 0.730. The van der Waals surface area contributed by atoms with Crippen molar-refractivity contribution in [1.82, 2.24) is 9.97 Å². The molecule has 1 aromatic heterocycles. The molecule has 0 atom stereocenters. The van der Waals surface area contributed by atoms with E-state index in [4.69, 9.17) is 0 Å². The van der Waals surface area contributed by atoms with E-state index in [0.29, 0.717) is 0 Å². The third-order valence-corrected chi connectivity index (χ3v) is 2.36. The van der Waals surface area contributed by atoms with Gasteiger partial charge < -0.3 is 0 Å². The van der Waals surface area contributed by atoms with E-state index in [1.165, 1.54) is 17.6 Å². The van der Waals surface area contributed by atoms with Crippen LogP contribution < -0.4 is 0 Å². The van der Waals surface area contributed by atoms with Gasteiger partial charge in [-0.3, -0.25) is 0 Å². The van der Waals surface area contributed by atoms with Crippen molar-refractivity contribution in [3.8, 4) is 0 Å². The lowest BCUT2D eigenvalue weighted by molar-refractivity contribution is 0.956. The molecule has 0 aromatic carbocycles. The second-order valence-electron chi connectivity index (χ2n) is 3.60. The summed E-state index contributed by atoms with van der Waals surface area (Å²) in [5.74, 6) is 0. The van der Waals surface area contributed by atoms with E-state index < -0.39 is 0 Å². The molecular weight excluding hydrogens is 172 g/mol. The van der Waals surface area contributed by atoms with Crippen molar-refractivity contribution in [1.29, 1.82) is 0 Å². The zero-order valence-electron chi connectivity index (χ0n) is 9.46. The van der Waals surface area contributed by atoms with Gasteiger partial charge in [0.2, 0.25) is 0 Å². The summed E-state index contributed by atoms with van der Waals surface area (Å²) in [5.41, 5.74) is 4.65. The number of allylic oxidation sites excluding steroid dienone is 2. The Morgan fingerprint density at radius 3 is 2.36 bits per heavy atom. The summed E-state index contributed by atoms with van der Waals surface area (Å²) in [7, 11) is 0. The van der Waals surface area contributed by atoms with Gasteiger partial charge in [0.15, 0.2) is 0 Å². The van der Waals surface area contributed by atoms with Crippen molar-refractivity contribution >= 4 is 5.57 Å². The average Bonchev–Trinajstić information content (AvgIpc) is 2.14. The molecular formula is C12H18N2. The Balaban J connectivity index is 3.05. The van der Waals surface area contributed by atoms with Gasteiger partial charge in [0.1, 0.15) is 6.33 Å². The van der Waals surface area contributed by atoms with Gasteiger partial charge in [-0.15, -0.1) is 0 Å². The molecule has 2 heteroatoms. The van der Waals surface area contributed by atoms with E-state index in [-0.39, 0.29) is 0 Å². The van der Waals surface area contributed by atoms with Gasteiger partial charge in [-0.05, 0) is 32.8 Å². The van der Waals surface area contributed by atoms with Crippen molar-refractivity contribution < 1.29 is 0 Å². The van der Waals surface area contributed by atoms with Crippen molar-refractivity contribution in [3.05, 3.63) is 29.4 Å². The summed E-state index contributed by atoms with van der Waals surface area (Å²) in [6.07, 6.45) is 6.20. The summed E-state index contributed by atoms with van der Waals surface area (Å²) in [6, 6.07) is 0. The fourth-order valence-corrected chi connectivity index (χ4v) is 1.63. The molecule has 1 rings (SSSR count). The minimum absolute atomic E-state index is 1.07. The predicted molar refractivity (Wildman–Crippen MR) is 60.1 cm³/mol. The largest absolute Gasteiger partial charge is 0.241 e. The van der Waals surface area contributed by atoms with E-state index in [2.05, 4.69) is 29.9 Å². The molecule has 0 saturated heterocycles. The van der Waals surface area contributed by atoms with Gasteiger partial charge in [-0.2, -0.15) is 0 Å². The molecule has 0 bridgehead atoms. The third-order valence-electron chi connectivity index (χ3n) is 2.36. The zero-order valence-corrected chi connectivity index (χ0v) is 9.46. The van der Waals surface area contributed by atoms with E-state index in [0.717, 1.165) is 17.8 Å². The molecule has 14 heavy (non-hydrogen) atoms. The molecule has 0 amide bonds. The Kier molecular flexibility index (Phi) is 3.81. The number of unbranched alkanes of at least 4 members (excludes halogenated alkanes) is 1. The van der Waals surface area contributed by atoms with Crippen molar-refractivity contribution in [2.24, 2.45) is 0 Å². The fraction of sp³-hybridized carbons (Fsp3) is 0.500. The molecule has 1 heterocycles. The maximum Gasteiger partial charge on any atom is 0.115 e. The maximum atomic E-state index is 4.22. The van der Waals surface area contributed by atoms with Gasteiger partial charge in [0.05, 0.1) is 0 Å². The molecule has 0 N–H and O–H groups in total. The van der Waals surface area contributed by atoms with Crippen LogP contribution >= 0.6 is 0 Å². The lowest BCUT2D eigenvalue weighted by Crippen LogP contribution is -1.96. The highest BCUT2D eigenvalue weighted by Gasteiger charge is 2.05. The van der Waals surface area contributed by atoms with Crippen LogP contribution in [-0.4, -0.2) is 9.97 Å².